The zero-order chi connectivity index (χ0) is 18.7. The number of carbonyl (C=O) groups excluding carboxylic acids is 3. The normalized spacial score (nSPS) is 13.1. The first-order valence-corrected chi connectivity index (χ1v) is 8.94. The highest BCUT2D eigenvalue weighted by Crippen LogP contribution is 2.26. The number of carbonyl (C=O) groups is 3. The van der Waals surface area contributed by atoms with Crippen molar-refractivity contribution in [3.63, 3.8) is 0 Å². The van der Waals surface area contributed by atoms with Crippen molar-refractivity contribution in [2.24, 2.45) is 0 Å². The molecule has 3 rings (SSSR count). The molecule has 0 fully saturated rings. The highest BCUT2D eigenvalue weighted by Gasteiger charge is 2.35. The first kappa shape index (κ1) is 18.3. The van der Waals surface area contributed by atoms with Crippen molar-refractivity contribution in [2.75, 3.05) is 11.9 Å². The number of nitrogens with one attached hydrogen (secondary N) is 1. The molecule has 0 unspecified atom stereocenters. The standard InChI is InChI=1S/C19H17BrN2O4/c20-13-6-7-15-16(10-13)19(26)22(18(15)25)8-2-5-17(24)21-14-4-1-3-12(9-14)11-23/h1,3-4,6-7,9-10,23H,2,5,8,11H2,(H,21,24). The predicted octanol–water partition coefficient (Wildman–Crippen LogP) is 2.96. The first-order chi connectivity index (χ1) is 12.5. The summed E-state index contributed by atoms with van der Waals surface area (Å²) in [5.41, 5.74) is 2.09. The summed E-state index contributed by atoms with van der Waals surface area (Å²) < 4.78 is 0.740. The predicted molar refractivity (Wildman–Crippen MR) is 99.7 cm³/mol. The van der Waals surface area contributed by atoms with Crippen LogP contribution in [0, 0.1) is 0 Å². The van der Waals surface area contributed by atoms with E-state index in [2.05, 4.69) is 21.2 Å². The fraction of sp³-hybridized carbons (Fsp3) is 0.211. The van der Waals surface area contributed by atoms with Gasteiger partial charge in [0.05, 0.1) is 17.7 Å². The molecule has 0 radical (unpaired) electrons. The molecule has 2 aromatic rings. The number of aliphatic hydroxyl groups excluding tert-OH is 1. The quantitative estimate of drug-likeness (QED) is 0.708. The third kappa shape index (κ3) is 3.84. The van der Waals surface area contributed by atoms with Crippen molar-refractivity contribution in [2.45, 2.75) is 19.4 Å². The van der Waals surface area contributed by atoms with Crippen molar-refractivity contribution < 1.29 is 19.5 Å². The van der Waals surface area contributed by atoms with E-state index in [0.717, 1.165) is 4.47 Å². The second kappa shape index (κ2) is 7.80. The third-order valence-corrected chi connectivity index (χ3v) is 4.60. The lowest BCUT2D eigenvalue weighted by Crippen LogP contribution is -2.31. The molecule has 1 heterocycles. The Kier molecular flexibility index (Phi) is 5.49. The number of rotatable bonds is 6. The van der Waals surface area contributed by atoms with Crippen LogP contribution in [-0.2, 0) is 11.4 Å². The molecule has 0 atom stereocenters. The minimum atomic E-state index is -0.331. The van der Waals surface area contributed by atoms with Crippen LogP contribution in [0.25, 0.3) is 0 Å². The summed E-state index contributed by atoms with van der Waals surface area (Å²) in [6.45, 7) is 0.0909. The highest BCUT2D eigenvalue weighted by atomic mass is 79.9. The van der Waals surface area contributed by atoms with Gasteiger partial charge in [0.15, 0.2) is 0 Å². The number of benzene rings is 2. The van der Waals surface area contributed by atoms with Crippen molar-refractivity contribution >= 4 is 39.3 Å². The molecule has 134 valence electrons. The molecule has 26 heavy (non-hydrogen) atoms. The van der Waals surface area contributed by atoms with Crippen LogP contribution in [0.2, 0.25) is 0 Å². The van der Waals surface area contributed by atoms with E-state index in [9.17, 15) is 14.4 Å². The number of amides is 3. The largest absolute Gasteiger partial charge is 0.392 e. The zero-order valence-electron chi connectivity index (χ0n) is 13.9. The Morgan fingerprint density at radius 1 is 1.08 bits per heavy atom. The lowest BCUT2D eigenvalue weighted by atomic mass is 10.1. The lowest BCUT2D eigenvalue weighted by Gasteiger charge is -2.13. The van der Waals surface area contributed by atoms with Gasteiger partial charge in [0.2, 0.25) is 5.91 Å². The molecule has 1 aliphatic rings. The van der Waals surface area contributed by atoms with Crippen LogP contribution < -0.4 is 5.32 Å². The van der Waals surface area contributed by atoms with E-state index in [0.29, 0.717) is 28.8 Å². The summed E-state index contributed by atoms with van der Waals surface area (Å²) >= 11 is 3.30. The Labute approximate surface area is 158 Å². The second-order valence-corrected chi connectivity index (χ2v) is 6.88. The average molecular weight is 417 g/mol. The van der Waals surface area contributed by atoms with E-state index in [1.54, 1.807) is 42.5 Å². The van der Waals surface area contributed by atoms with E-state index in [-0.39, 0.29) is 37.3 Å². The Morgan fingerprint density at radius 2 is 1.85 bits per heavy atom. The smallest absolute Gasteiger partial charge is 0.261 e. The van der Waals surface area contributed by atoms with Gasteiger partial charge < -0.3 is 10.4 Å². The molecular formula is C19H17BrN2O4. The Hall–Kier alpha value is -2.51. The SMILES string of the molecule is O=C(CCCN1C(=O)c2ccc(Br)cc2C1=O)Nc1cccc(CO)c1. The van der Waals surface area contributed by atoms with Gasteiger partial charge in [-0.05, 0) is 42.3 Å². The van der Waals surface area contributed by atoms with Crippen molar-refractivity contribution in [1.82, 2.24) is 4.90 Å². The van der Waals surface area contributed by atoms with Gasteiger partial charge in [0, 0.05) is 23.1 Å². The summed E-state index contributed by atoms with van der Waals surface area (Å²) in [6, 6.07) is 11.9. The van der Waals surface area contributed by atoms with Crippen LogP contribution >= 0.6 is 15.9 Å². The van der Waals surface area contributed by atoms with E-state index in [1.807, 2.05) is 0 Å². The number of nitrogens with zero attached hydrogens (tertiary/aromatic N) is 1. The van der Waals surface area contributed by atoms with Crippen molar-refractivity contribution in [3.8, 4) is 0 Å². The van der Waals surface area contributed by atoms with E-state index in [4.69, 9.17) is 5.11 Å². The first-order valence-electron chi connectivity index (χ1n) is 8.15. The number of imide groups is 1. The molecule has 3 amide bonds. The van der Waals surface area contributed by atoms with Gasteiger partial charge in [0.25, 0.3) is 11.8 Å². The Morgan fingerprint density at radius 3 is 2.62 bits per heavy atom. The van der Waals surface area contributed by atoms with E-state index < -0.39 is 0 Å². The number of hydrogen-bond donors (Lipinski definition) is 2. The summed E-state index contributed by atoms with van der Waals surface area (Å²) in [4.78, 5) is 37.9. The number of halogens is 1. The summed E-state index contributed by atoms with van der Waals surface area (Å²) in [7, 11) is 0. The maximum Gasteiger partial charge on any atom is 0.261 e. The van der Waals surface area contributed by atoms with Crippen LogP contribution in [0.15, 0.2) is 46.9 Å². The molecule has 2 aromatic carbocycles. The molecule has 0 saturated heterocycles. The zero-order valence-corrected chi connectivity index (χ0v) is 15.5. The van der Waals surface area contributed by atoms with Crippen LogP contribution in [0.4, 0.5) is 5.69 Å². The molecule has 1 aliphatic heterocycles. The maximum atomic E-state index is 12.4. The molecule has 6 nitrogen and oxygen atoms in total. The Bertz CT molecular complexity index is 882. The van der Waals surface area contributed by atoms with Gasteiger partial charge in [-0.25, -0.2) is 0 Å². The molecule has 2 N–H and O–H groups in total. The van der Waals surface area contributed by atoms with Gasteiger partial charge in [-0.3, -0.25) is 19.3 Å². The molecule has 0 bridgehead atoms. The number of fused-ring (bicyclic) bond motifs is 1. The van der Waals surface area contributed by atoms with Crippen LogP contribution in [0.1, 0.15) is 39.1 Å². The van der Waals surface area contributed by atoms with Crippen molar-refractivity contribution in [1.29, 1.82) is 0 Å². The van der Waals surface area contributed by atoms with Gasteiger partial charge in [-0.15, -0.1) is 0 Å². The summed E-state index contributed by atoms with van der Waals surface area (Å²) in [5.74, 6) is -0.865. The van der Waals surface area contributed by atoms with Gasteiger partial charge in [0.1, 0.15) is 0 Å². The average Bonchev–Trinajstić information content (AvgIpc) is 2.86. The number of aliphatic hydroxyl groups is 1. The molecule has 0 saturated carbocycles. The van der Waals surface area contributed by atoms with Gasteiger partial charge >= 0.3 is 0 Å². The minimum Gasteiger partial charge on any atom is -0.392 e. The van der Waals surface area contributed by atoms with Gasteiger partial charge in [-0.2, -0.15) is 0 Å². The molecule has 0 aliphatic carbocycles. The second-order valence-electron chi connectivity index (χ2n) is 5.96. The summed E-state index contributed by atoms with van der Waals surface area (Å²) in [6.07, 6.45) is 0.554. The molecule has 7 heteroatoms. The minimum absolute atomic E-state index is 0.0977. The van der Waals surface area contributed by atoms with Crippen LogP contribution in [-0.4, -0.2) is 34.3 Å². The maximum absolute atomic E-state index is 12.4. The van der Waals surface area contributed by atoms with E-state index >= 15 is 0 Å². The number of anilines is 1. The fourth-order valence-electron chi connectivity index (χ4n) is 2.83. The van der Waals surface area contributed by atoms with Gasteiger partial charge in [-0.1, -0.05) is 28.1 Å². The fourth-order valence-corrected chi connectivity index (χ4v) is 3.20. The van der Waals surface area contributed by atoms with Crippen LogP contribution in [0.5, 0.6) is 0 Å². The van der Waals surface area contributed by atoms with E-state index in [1.165, 1.54) is 4.90 Å². The lowest BCUT2D eigenvalue weighted by molar-refractivity contribution is -0.116. The van der Waals surface area contributed by atoms with Crippen molar-refractivity contribution in [3.05, 3.63) is 63.6 Å². The molecule has 0 aromatic heterocycles. The monoisotopic (exact) mass is 416 g/mol. The topological polar surface area (TPSA) is 86.7 Å². The highest BCUT2D eigenvalue weighted by molar-refractivity contribution is 9.10. The third-order valence-electron chi connectivity index (χ3n) is 4.11. The molecular weight excluding hydrogens is 400 g/mol. The summed E-state index contributed by atoms with van der Waals surface area (Å²) in [5, 5.41) is 11.9. The number of hydrogen-bond acceptors (Lipinski definition) is 4. The Balaban J connectivity index is 1.54. The van der Waals surface area contributed by atoms with Crippen LogP contribution in [0.3, 0.4) is 0 Å². The molecule has 0 spiro atoms.